The zero-order chi connectivity index (χ0) is 30.1. The van der Waals surface area contributed by atoms with E-state index in [2.05, 4.69) is 63.9 Å². The van der Waals surface area contributed by atoms with Gasteiger partial charge in [-0.1, -0.05) is 70.2 Å². The molecule has 0 spiro atoms. The fraction of sp³-hybridized carbons (Fsp3) is 0.757. The third-order valence-corrected chi connectivity index (χ3v) is 15.0. The Morgan fingerprint density at radius 2 is 1.64 bits per heavy atom. The van der Waals surface area contributed by atoms with E-state index in [0.29, 0.717) is 17.8 Å². The van der Waals surface area contributed by atoms with Crippen LogP contribution in [0.5, 0.6) is 0 Å². The molecule has 0 saturated heterocycles. The molecule has 5 heteroatoms. The van der Waals surface area contributed by atoms with Gasteiger partial charge in [0.05, 0.1) is 18.1 Å². The van der Waals surface area contributed by atoms with Crippen LogP contribution in [0.3, 0.4) is 0 Å². The van der Waals surface area contributed by atoms with E-state index in [9.17, 15) is 20.1 Å². The summed E-state index contributed by atoms with van der Waals surface area (Å²) in [4.78, 5) is 13.1. The Bertz CT molecular complexity index is 1200. The van der Waals surface area contributed by atoms with Crippen LogP contribution in [0.1, 0.15) is 97.5 Å². The topological polar surface area (TPSA) is 89.8 Å². The smallest absolute Gasteiger partial charge is 0.309 e. The van der Waals surface area contributed by atoms with Gasteiger partial charge in [-0.2, -0.15) is 0 Å². The number of benzene rings is 1. The quantitative estimate of drug-likeness (QED) is 0.267. The van der Waals surface area contributed by atoms with E-state index in [-0.39, 0.29) is 34.7 Å². The van der Waals surface area contributed by atoms with Crippen molar-refractivity contribution in [1.82, 2.24) is 5.32 Å². The van der Waals surface area contributed by atoms with Gasteiger partial charge in [-0.25, -0.2) is 0 Å². The van der Waals surface area contributed by atoms with Crippen molar-refractivity contribution >= 4 is 5.97 Å². The molecule has 11 atom stereocenters. The summed E-state index contributed by atoms with van der Waals surface area (Å²) >= 11 is 0. The molecule has 5 fully saturated rings. The van der Waals surface area contributed by atoms with Gasteiger partial charge in [0.15, 0.2) is 0 Å². The second-order valence-corrected chi connectivity index (χ2v) is 16.3. The molecule has 1 aromatic rings. The van der Waals surface area contributed by atoms with Crippen LogP contribution >= 0.6 is 0 Å². The van der Waals surface area contributed by atoms with Crippen molar-refractivity contribution < 1.29 is 20.1 Å². The Balaban J connectivity index is 1.29. The standard InChI is InChI=1S/C37H55NO4/c1-24(21-38-22-25-9-7-6-8-10-25)26-13-18-37(32(41)42)20-19-35(4)27(31(26)37)11-12-29-33(2)16-15-30(40)34(3,23-39)28(33)14-17-36(29,35)5/h6-10,26-31,38-40H,1,11-23H2,2-5H3,(H,41,42)/t26?,27?,28?,29?,30-,31?,33-,34-,35+,36+,37-/m0/s1. The number of fused-ring (bicyclic) bond motifs is 7. The van der Waals surface area contributed by atoms with E-state index in [4.69, 9.17) is 0 Å². The molecule has 0 heterocycles. The average molecular weight is 578 g/mol. The van der Waals surface area contributed by atoms with Crippen LogP contribution in [0.15, 0.2) is 42.5 Å². The van der Waals surface area contributed by atoms with Crippen molar-refractivity contribution in [2.75, 3.05) is 13.2 Å². The maximum Gasteiger partial charge on any atom is 0.309 e. The Morgan fingerprint density at radius 3 is 2.33 bits per heavy atom. The van der Waals surface area contributed by atoms with Gasteiger partial charge in [-0.3, -0.25) is 4.79 Å². The molecular weight excluding hydrogens is 522 g/mol. The SMILES string of the molecule is C=C(CNCc1ccccc1)C1CC[C@]2(C(=O)O)CC[C@]3(C)C(CCC4[C@@]5(C)CC[C@H](O)[C@@](C)(CO)C5CC[C@]43C)C12. The minimum Gasteiger partial charge on any atom is -0.481 e. The van der Waals surface area contributed by atoms with Crippen LogP contribution in [-0.4, -0.2) is 40.5 Å². The molecule has 6 rings (SSSR count). The zero-order valence-corrected chi connectivity index (χ0v) is 26.5. The molecule has 5 aliphatic carbocycles. The largest absolute Gasteiger partial charge is 0.481 e. The van der Waals surface area contributed by atoms with Gasteiger partial charge in [-0.15, -0.1) is 0 Å². The lowest BCUT2D eigenvalue weighted by Gasteiger charge is -2.72. The van der Waals surface area contributed by atoms with Crippen molar-refractivity contribution in [2.24, 2.45) is 56.7 Å². The number of carboxylic acid groups (broad SMARTS) is 1. The molecular formula is C37H55NO4. The van der Waals surface area contributed by atoms with E-state index in [0.717, 1.165) is 77.3 Å². The highest BCUT2D eigenvalue weighted by Gasteiger charge is 2.72. The number of carboxylic acids is 1. The maximum absolute atomic E-state index is 13.1. The normalized spacial score (nSPS) is 48.0. The minimum absolute atomic E-state index is 0.0447. The lowest BCUT2D eigenvalue weighted by molar-refractivity contribution is -0.254. The third-order valence-electron chi connectivity index (χ3n) is 15.0. The number of carbonyl (C=O) groups is 1. The fourth-order valence-electron chi connectivity index (χ4n) is 12.5. The van der Waals surface area contributed by atoms with Crippen LogP contribution in [0, 0.1) is 56.7 Å². The number of hydrogen-bond donors (Lipinski definition) is 4. The fourth-order valence-corrected chi connectivity index (χ4v) is 12.5. The first-order chi connectivity index (χ1) is 19.9. The Kier molecular flexibility index (Phi) is 7.55. The number of hydrogen-bond acceptors (Lipinski definition) is 4. The van der Waals surface area contributed by atoms with Gasteiger partial charge >= 0.3 is 5.97 Å². The van der Waals surface area contributed by atoms with Crippen molar-refractivity contribution in [3.8, 4) is 0 Å². The van der Waals surface area contributed by atoms with E-state index in [1.165, 1.54) is 11.1 Å². The second-order valence-electron chi connectivity index (χ2n) is 16.3. The minimum atomic E-state index is -0.633. The monoisotopic (exact) mass is 577 g/mol. The van der Waals surface area contributed by atoms with Gasteiger partial charge in [0, 0.05) is 18.5 Å². The molecule has 5 aliphatic rings. The van der Waals surface area contributed by atoms with Crippen molar-refractivity contribution in [3.63, 3.8) is 0 Å². The molecule has 0 radical (unpaired) electrons. The summed E-state index contributed by atoms with van der Waals surface area (Å²) in [6.45, 7) is 15.9. The number of nitrogens with one attached hydrogen (secondary N) is 1. The highest BCUT2D eigenvalue weighted by Crippen LogP contribution is 2.77. The molecule has 4 N–H and O–H groups in total. The van der Waals surface area contributed by atoms with E-state index in [1.807, 2.05) is 6.07 Å². The van der Waals surface area contributed by atoms with E-state index < -0.39 is 22.9 Å². The lowest BCUT2D eigenvalue weighted by Crippen LogP contribution is -2.67. The van der Waals surface area contributed by atoms with Crippen LogP contribution in [0.2, 0.25) is 0 Å². The molecule has 0 amide bonds. The summed E-state index contributed by atoms with van der Waals surface area (Å²) in [7, 11) is 0. The number of aliphatic carboxylic acids is 1. The highest BCUT2D eigenvalue weighted by molar-refractivity contribution is 5.76. The van der Waals surface area contributed by atoms with Crippen LogP contribution in [0.4, 0.5) is 0 Å². The number of rotatable bonds is 7. The second kappa shape index (κ2) is 10.4. The number of aliphatic hydroxyl groups excluding tert-OH is 2. The van der Waals surface area contributed by atoms with Gasteiger partial charge in [0.2, 0.25) is 0 Å². The van der Waals surface area contributed by atoms with Gasteiger partial charge < -0.3 is 20.6 Å². The molecule has 5 nitrogen and oxygen atoms in total. The molecule has 0 aliphatic heterocycles. The summed E-state index contributed by atoms with van der Waals surface area (Å²) in [5.74, 6) is 1.01. The van der Waals surface area contributed by atoms with Crippen LogP contribution in [-0.2, 0) is 11.3 Å². The molecule has 232 valence electrons. The summed E-state index contributed by atoms with van der Waals surface area (Å²) in [6.07, 6.45) is 9.15. The van der Waals surface area contributed by atoms with Gasteiger partial charge in [0.1, 0.15) is 0 Å². The van der Waals surface area contributed by atoms with Crippen molar-refractivity contribution in [3.05, 3.63) is 48.0 Å². The Labute approximate surface area is 253 Å². The van der Waals surface area contributed by atoms with Crippen molar-refractivity contribution in [1.29, 1.82) is 0 Å². The summed E-state index contributed by atoms with van der Waals surface area (Å²) < 4.78 is 0. The van der Waals surface area contributed by atoms with Crippen LogP contribution in [0.25, 0.3) is 0 Å². The molecule has 0 bridgehead atoms. The molecule has 5 saturated carbocycles. The predicted octanol–water partition coefficient (Wildman–Crippen LogP) is 6.83. The molecule has 42 heavy (non-hydrogen) atoms. The first-order valence-corrected chi connectivity index (χ1v) is 16.8. The average Bonchev–Trinajstić information content (AvgIpc) is 3.37. The van der Waals surface area contributed by atoms with Gasteiger partial charge in [0.25, 0.3) is 0 Å². The number of aliphatic hydroxyl groups is 2. The molecule has 0 aromatic heterocycles. The predicted molar refractivity (Wildman–Crippen MR) is 166 cm³/mol. The highest BCUT2D eigenvalue weighted by atomic mass is 16.4. The van der Waals surface area contributed by atoms with Crippen LogP contribution < -0.4 is 5.32 Å². The van der Waals surface area contributed by atoms with E-state index in [1.54, 1.807) is 0 Å². The summed E-state index contributed by atoms with van der Waals surface area (Å²) in [5.41, 5.74) is 1.63. The first kappa shape index (κ1) is 30.3. The first-order valence-electron chi connectivity index (χ1n) is 16.8. The summed E-state index contributed by atoms with van der Waals surface area (Å²) in [6, 6.07) is 10.4. The third kappa shape index (κ3) is 4.08. The molecule has 5 unspecified atom stereocenters. The summed E-state index contributed by atoms with van der Waals surface area (Å²) in [5, 5.41) is 36.0. The van der Waals surface area contributed by atoms with E-state index >= 15 is 0 Å². The lowest BCUT2D eigenvalue weighted by atomic mass is 9.32. The maximum atomic E-state index is 13.1. The van der Waals surface area contributed by atoms with Gasteiger partial charge in [-0.05, 0) is 116 Å². The Morgan fingerprint density at radius 1 is 0.905 bits per heavy atom. The molecule has 1 aromatic carbocycles. The Hall–Kier alpha value is -1.69. The zero-order valence-electron chi connectivity index (χ0n) is 26.5. The van der Waals surface area contributed by atoms with Crippen molar-refractivity contribution in [2.45, 2.75) is 105 Å².